The van der Waals surface area contributed by atoms with Gasteiger partial charge in [0, 0.05) is 16.7 Å². The number of fused-ring (bicyclic) bond motifs is 11. The normalized spacial score (nSPS) is 12.9. The Morgan fingerprint density at radius 3 is 1.36 bits per heavy atom. The summed E-state index contributed by atoms with van der Waals surface area (Å²) in [6.07, 6.45) is 0. The zero-order chi connectivity index (χ0) is 38.9. The number of benzene rings is 9. The van der Waals surface area contributed by atoms with E-state index in [-0.39, 0.29) is 0 Å². The van der Waals surface area contributed by atoms with Crippen molar-refractivity contribution in [1.29, 1.82) is 0 Å². The molecule has 0 saturated carbocycles. The molecule has 0 N–H and O–H groups in total. The van der Waals surface area contributed by atoms with Crippen LogP contribution in [0.5, 0.6) is 0 Å². The Labute approximate surface area is 343 Å². The average Bonchev–Trinajstić information content (AvgIpc) is 3.79. The van der Waals surface area contributed by atoms with E-state index in [1.165, 1.54) is 60.8 Å². The van der Waals surface area contributed by atoms with Gasteiger partial charge >= 0.3 is 0 Å². The van der Waals surface area contributed by atoms with Crippen LogP contribution in [-0.2, 0) is 5.41 Å². The largest absolute Gasteiger partial charge is 0.208 e. The molecule has 0 fully saturated rings. The summed E-state index contributed by atoms with van der Waals surface area (Å²) < 4.78 is 0. The first kappa shape index (κ1) is 33.4. The van der Waals surface area contributed by atoms with E-state index in [0.29, 0.717) is 17.5 Å². The lowest BCUT2D eigenvalue weighted by molar-refractivity contribution is 0.794. The van der Waals surface area contributed by atoms with Crippen molar-refractivity contribution < 1.29 is 0 Å². The van der Waals surface area contributed by atoms with Crippen molar-refractivity contribution in [2.45, 2.75) is 5.41 Å². The first-order chi connectivity index (χ1) is 29.2. The topological polar surface area (TPSA) is 38.7 Å². The summed E-state index contributed by atoms with van der Waals surface area (Å²) in [5, 5.41) is 2.46. The van der Waals surface area contributed by atoms with E-state index in [0.717, 1.165) is 33.4 Å². The Kier molecular flexibility index (Phi) is 7.45. The fraction of sp³-hybridized carbons (Fsp3) is 0.0179. The fourth-order valence-electron chi connectivity index (χ4n) is 9.74. The van der Waals surface area contributed by atoms with Gasteiger partial charge in [0.05, 0.1) is 5.41 Å². The van der Waals surface area contributed by atoms with E-state index in [1.807, 2.05) is 18.2 Å². The van der Waals surface area contributed by atoms with Gasteiger partial charge in [0.15, 0.2) is 17.5 Å². The third kappa shape index (κ3) is 5.11. The summed E-state index contributed by atoms with van der Waals surface area (Å²) in [6.45, 7) is 0. The highest BCUT2D eigenvalue weighted by molar-refractivity contribution is 5.98. The second kappa shape index (κ2) is 13.2. The Morgan fingerprint density at radius 1 is 0.254 bits per heavy atom. The van der Waals surface area contributed by atoms with E-state index in [1.54, 1.807) is 0 Å². The predicted octanol–water partition coefficient (Wildman–Crippen LogP) is 13.7. The van der Waals surface area contributed by atoms with Crippen molar-refractivity contribution in [1.82, 2.24) is 15.0 Å². The smallest absolute Gasteiger partial charge is 0.164 e. The second-order valence-electron chi connectivity index (χ2n) is 15.5. The predicted molar refractivity (Wildman–Crippen MR) is 241 cm³/mol. The Balaban J connectivity index is 0.980. The van der Waals surface area contributed by atoms with Gasteiger partial charge in [-0.2, -0.15) is 0 Å². The lowest BCUT2D eigenvalue weighted by Gasteiger charge is -2.30. The number of rotatable bonds is 5. The molecule has 2 aliphatic rings. The van der Waals surface area contributed by atoms with Crippen LogP contribution < -0.4 is 0 Å². The van der Waals surface area contributed by atoms with E-state index < -0.39 is 5.41 Å². The average molecular weight is 750 g/mol. The summed E-state index contributed by atoms with van der Waals surface area (Å²) in [5.41, 5.74) is 17.6. The molecule has 3 heteroatoms. The van der Waals surface area contributed by atoms with Gasteiger partial charge in [-0.1, -0.05) is 200 Å². The molecule has 12 rings (SSSR count). The molecule has 0 unspecified atom stereocenters. The minimum atomic E-state index is -0.399. The Bertz CT molecular complexity index is 3210. The van der Waals surface area contributed by atoms with Crippen LogP contribution in [0.4, 0.5) is 0 Å². The minimum Gasteiger partial charge on any atom is -0.208 e. The van der Waals surface area contributed by atoms with E-state index in [4.69, 9.17) is 15.0 Å². The lowest BCUT2D eigenvalue weighted by atomic mass is 9.70. The highest BCUT2D eigenvalue weighted by Crippen LogP contribution is 2.63. The van der Waals surface area contributed by atoms with Gasteiger partial charge in [-0.15, -0.1) is 0 Å². The molecule has 0 atom stereocenters. The third-order valence-electron chi connectivity index (χ3n) is 12.4. The van der Waals surface area contributed by atoms with Gasteiger partial charge in [0.25, 0.3) is 0 Å². The molecule has 0 amide bonds. The van der Waals surface area contributed by atoms with Gasteiger partial charge in [-0.3, -0.25) is 0 Å². The summed E-state index contributed by atoms with van der Waals surface area (Å²) in [7, 11) is 0. The number of hydrogen-bond donors (Lipinski definition) is 0. The molecule has 1 aromatic heterocycles. The van der Waals surface area contributed by atoms with E-state index in [9.17, 15) is 0 Å². The van der Waals surface area contributed by atoms with Crippen molar-refractivity contribution in [2.75, 3.05) is 0 Å². The summed E-state index contributed by atoms with van der Waals surface area (Å²) in [4.78, 5) is 15.3. The van der Waals surface area contributed by atoms with Gasteiger partial charge in [-0.05, 0) is 89.7 Å². The van der Waals surface area contributed by atoms with Crippen molar-refractivity contribution in [3.05, 3.63) is 235 Å². The molecule has 2 aliphatic carbocycles. The summed E-state index contributed by atoms with van der Waals surface area (Å²) in [5.74, 6) is 1.92. The summed E-state index contributed by atoms with van der Waals surface area (Å²) in [6, 6.07) is 76.3. The molecular formula is C56H35N3. The molecule has 274 valence electrons. The zero-order valence-corrected chi connectivity index (χ0v) is 32.0. The standard InChI is InChI=1S/C56H35N3/c1-2-15-38(16-3-1)53-57-54(39-30-28-37(29-31-39)44-24-13-17-36-14-4-5-20-43(36)44)59-55(58-53)42-19-12-18-40(34-42)41-32-33-48-47-23-8-11-27-51(47)56(52(48)35-41)49-25-9-6-21-45(49)46-22-7-10-26-50(46)56/h1-35H. The maximum atomic E-state index is 5.16. The highest BCUT2D eigenvalue weighted by atomic mass is 15.0. The van der Waals surface area contributed by atoms with Crippen molar-refractivity contribution in [3.63, 3.8) is 0 Å². The molecule has 0 aliphatic heterocycles. The fourth-order valence-corrected chi connectivity index (χ4v) is 9.74. The quantitative estimate of drug-likeness (QED) is 0.176. The molecule has 0 bridgehead atoms. The highest BCUT2D eigenvalue weighted by Gasteiger charge is 2.51. The van der Waals surface area contributed by atoms with Crippen LogP contribution >= 0.6 is 0 Å². The van der Waals surface area contributed by atoms with Crippen LogP contribution in [0.25, 0.3) is 89.4 Å². The van der Waals surface area contributed by atoms with Crippen LogP contribution in [0.1, 0.15) is 22.3 Å². The van der Waals surface area contributed by atoms with Crippen LogP contribution in [0, 0.1) is 0 Å². The van der Waals surface area contributed by atoms with E-state index in [2.05, 4.69) is 194 Å². The third-order valence-corrected chi connectivity index (χ3v) is 12.4. The molecule has 1 heterocycles. The maximum absolute atomic E-state index is 5.16. The van der Waals surface area contributed by atoms with Crippen LogP contribution in [0.15, 0.2) is 212 Å². The maximum Gasteiger partial charge on any atom is 0.164 e. The SMILES string of the molecule is c1ccc(-c2nc(-c3ccc(-c4cccc5ccccc45)cc3)nc(-c3cccc(-c4ccc5c(c4)C4(c6ccccc6-c6ccccc64)c4ccccc4-5)c3)n2)cc1. The molecular weight excluding hydrogens is 715 g/mol. The molecule has 10 aromatic rings. The zero-order valence-electron chi connectivity index (χ0n) is 32.0. The van der Waals surface area contributed by atoms with Gasteiger partial charge in [0.1, 0.15) is 0 Å². The van der Waals surface area contributed by atoms with E-state index >= 15 is 0 Å². The number of nitrogens with zero attached hydrogens (tertiary/aromatic N) is 3. The molecule has 3 nitrogen and oxygen atoms in total. The van der Waals surface area contributed by atoms with Crippen LogP contribution in [-0.4, -0.2) is 15.0 Å². The monoisotopic (exact) mass is 749 g/mol. The second-order valence-corrected chi connectivity index (χ2v) is 15.5. The molecule has 1 spiro atoms. The molecule has 59 heavy (non-hydrogen) atoms. The number of aromatic nitrogens is 3. The number of hydrogen-bond acceptors (Lipinski definition) is 3. The van der Waals surface area contributed by atoms with Crippen LogP contribution in [0.2, 0.25) is 0 Å². The Hall–Kier alpha value is -7.75. The lowest BCUT2D eigenvalue weighted by Crippen LogP contribution is -2.25. The first-order valence-electron chi connectivity index (χ1n) is 20.2. The summed E-state index contributed by atoms with van der Waals surface area (Å²) >= 11 is 0. The van der Waals surface area contributed by atoms with Gasteiger partial charge in [0.2, 0.25) is 0 Å². The van der Waals surface area contributed by atoms with Crippen LogP contribution in [0.3, 0.4) is 0 Å². The molecule has 0 radical (unpaired) electrons. The van der Waals surface area contributed by atoms with Gasteiger partial charge < -0.3 is 0 Å². The van der Waals surface area contributed by atoms with Gasteiger partial charge in [-0.25, -0.2) is 15.0 Å². The Morgan fingerprint density at radius 2 is 0.678 bits per heavy atom. The first-order valence-corrected chi connectivity index (χ1v) is 20.2. The van der Waals surface area contributed by atoms with Crippen molar-refractivity contribution >= 4 is 10.8 Å². The molecule has 0 saturated heterocycles. The minimum absolute atomic E-state index is 0.399. The van der Waals surface area contributed by atoms with Crippen molar-refractivity contribution in [3.8, 4) is 78.7 Å². The molecule has 9 aromatic carbocycles. The van der Waals surface area contributed by atoms with Crippen molar-refractivity contribution in [2.24, 2.45) is 0 Å².